The Balaban J connectivity index is 1.85. The summed E-state index contributed by atoms with van der Waals surface area (Å²) in [5.41, 5.74) is 3.71. The van der Waals surface area contributed by atoms with E-state index in [1.165, 1.54) is 11.1 Å². The van der Waals surface area contributed by atoms with E-state index in [9.17, 15) is 0 Å². The zero-order valence-electron chi connectivity index (χ0n) is 12.5. The van der Waals surface area contributed by atoms with Gasteiger partial charge in [0.2, 0.25) is 0 Å². The second-order valence-corrected chi connectivity index (χ2v) is 5.38. The van der Waals surface area contributed by atoms with Crippen molar-refractivity contribution in [3.8, 4) is 5.75 Å². The first-order chi connectivity index (χ1) is 9.65. The fourth-order valence-corrected chi connectivity index (χ4v) is 2.11. The number of aryl methyl sites for hydroxylation is 1. The van der Waals surface area contributed by atoms with E-state index in [2.05, 4.69) is 56.4 Å². The molecule has 1 N–H and O–H groups in total. The fourth-order valence-electron chi connectivity index (χ4n) is 2.11. The van der Waals surface area contributed by atoms with Crippen LogP contribution < -0.4 is 10.1 Å². The molecule has 0 aliphatic heterocycles. The molecule has 20 heavy (non-hydrogen) atoms. The maximum Gasteiger partial charge on any atom is 0.119 e. The topological polar surface area (TPSA) is 21.3 Å². The predicted molar refractivity (Wildman–Crippen MR) is 85.7 cm³/mol. The molecule has 0 fully saturated rings. The number of rotatable bonds is 6. The van der Waals surface area contributed by atoms with E-state index in [1.807, 2.05) is 18.2 Å². The normalized spacial score (nSPS) is 10.6. The van der Waals surface area contributed by atoms with Crippen molar-refractivity contribution < 1.29 is 4.74 Å². The lowest BCUT2D eigenvalue weighted by atomic mass is 10.0. The van der Waals surface area contributed by atoms with Crippen molar-refractivity contribution in [3.05, 3.63) is 59.7 Å². The van der Waals surface area contributed by atoms with E-state index < -0.39 is 0 Å². The van der Waals surface area contributed by atoms with Crippen LogP contribution in [0.2, 0.25) is 0 Å². The van der Waals surface area contributed by atoms with E-state index in [-0.39, 0.29) is 0 Å². The van der Waals surface area contributed by atoms with Crippen LogP contribution in [-0.4, -0.2) is 13.2 Å². The molecule has 2 heteroatoms. The summed E-state index contributed by atoms with van der Waals surface area (Å²) in [6, 6.07) is 16.6. The molecule has 0 aromatic heterocycles. The molecule has 2 aromatic rings. The number of benzene rings is 2. The quantitative estimate of drug-likeness (QED) is 0.773. The molecule has 2 aromatic carbocycles. The Kier molecular flexibility index (Phi) is 5.05. The van der Waals surface area contributed by atoms with Crippen molar-refractivity contribution in [2.45, 2.75) is 26.7 Å². The lowest BCUT2D eigenvalue weighted by molar-refractivity contribution is 0.332. The first kappa shape index (κ1) is 14.4. The molecule has 0 aliphatic rings. The first-order valence-corrected chi connectivity index (χ1v) is 7.18. The molecule has 0 spiro atoms. The van der Waals surface area contributed by atoms with Crippen LogP contribution in [0.1, 0.15) is 30.9 Å². The summed E-state index contributed by atoms with van der Waals surface area (Å²) in [5, 5.41) is 3.34. The van der Waals surface area contributed by atoms with Gasteiger partial charge in [-0.25, -0.2) is 0 Å². The molecule has 2 nitrogen and oxygen atoms in total. The standard InChI is InChI=1S/C18H23NO/c1-14(2)16-11-15(3)12-18(13-16)20-10-9-19-17-7-5-4-6-8-17/h4-8,11-14,19H,9-10H2,1-3H3. The zero-order valence-corrected chi connectivity index (χ0v) is 12.5. The second-order valence-electron chi connectivity index (χ2n) is 5.38. The molecule has 0 unspecified atom stereocenters. The summed E-state index contributed by atoms with van der Waals surface area (Å²) < 4.78 is 5.84. The second kappa shape index (κ2) is 6.99. The van der Waals surface area contributed by atoms with E-state index in [0.717, 1.165) is 18.0 Å². The number of para-hydroxylation sites is 1. The van der Waals surface area contributed by atoms with Crippen molar-refractivity contribution >= 4 is 5.69 Å². The summed E-state index contributed by atoms with van der Waals surface area (Å²) in [7, 11) is 0. The van der Waals surface area contributed by atoms with Crippen LogP contribution in [0.15, 0.2) is 48.5 Å². The van der Waals surface area contributed by atoms with Crippen LogP contribution in [-0.2, 0) is 0 Å². The van der Waals surface area contributed by atoms with Gasteiger partial charge in [-0.2, -0.15) is 0 Å². The Morgan fingerprint density at radius 2 is 1.80 bits per heavy atom. The number of anilines is 1. The largest absolute Gasteiger partial charge is 0.492 e. The summed E-state index contributed by atoms with van der Waals surface area (Å²) in [4.78, 5) is 0. The first-order valence-electron chi connectivity index (χ1n) is 7.18. The summed E-state index contributed by atoms with van der Waals surface area (Å²) >= 11 is 0. The highest BCUT2D eigenvalue weighted by Gasteiger charge is 2.03. The van der Waals surface area contributed by atoms with Crippen molar-refractivity contribution in [2.75, 3.05) is 18.5 Å². The van der Waals surface area contributed by atoms with Crippen LogP contribution in [0.4, 0.5) is 5.69 Å². The highest BCUT2D eigenvalue weighted by molar-refractivity contribution is 5.42. The highest BCUT2D eigenvalue weighted by Crippen LogP contribution is 2.22. The van der Waals surface area contributed by atoms with Gasteiger partial charge in [0, 0.05) is 12.2 Å². The average molecular weight is 269 g/mol. The van der Waals surface area contributed by atoms with Crippen molar-refractivity contribution in [1.29, 1.82) is 0 Å². The smallest absolute Gasteiger partial charge is 0.119 e. The van der Waals surface area contributed by atoms with Gasteiger partial charge >= 0.3 is 0 Å². The number of nitrogens with one attached hydrogen (secondary N) is 1. The molecule has 0 saturated heterocycles. The van der Waals surface area contributed by atoms with Gasteiger partial charge in [0.25, 0.3) is 0 Å². The Morgan fingerprint density at radius 1 is 1.05 bits per heavy atom. The molecule has 0 heterocycles. The molecule has 0 radical (unpaired) electrons. The average Bonchev–Trinajstić information content (AvgIpc) is 2.44. The number of hydrogen-bond donors (Lipinski definition) is 1. The SMILES string of the molecule is Cc1cc(OCCNc2ccccc2)cc(C(C)C)c1. The molecule has 0 amide bonds. The van der Waals surface area contributed by atoms with Crippen molar-refractivity contribution in [3.63, 3.8) is 0 Å². The van der Waals surface area contributed by atoms with E-state index in [0.29, 0.717) is 12.5 Å². The lowest BCUT2D eigenvalue weighted by Crippen LogP contribution is -2.11. The van der Waals surface area contributed by atoms with Gasteiger partial charge in [-0.1, -0.05) is 38.1 Å². The Labute approximate surface area is 121 Å². The summed E-state index contributed by atoms with van der Waals surface area (Å²) in [6.07, 6.45) is 0. The molecule has 0 aliphatic carbocycles. The number of hydrogen-bond acceptors (Lipinski definition) is 2. The Bertz CT molecular complexity index is 534. The molecule has 2 rings (SSSR count). The summed E-state index contributed by atoms with van der Waals surface area (Å²) in [6.45, 7) is 7.98. The molecular formula is C18H23NO. The summed E-state index contributed by atoms with van der Waals surface area (Å²) in [5.74, 6) is 1.49. The Hall–Kier alpha value is -1.96. The minimum Gasteiger partial charge on any atom is -0.492 e. The van der Waals surface area contributed by atoms with Crippen LogP contribution in [0, 0.1) is 6.92 Å². The van der Waals surface area contributed by atoms with Gasteiger partial charge in [0.05, 0.1) is 0 Å². The van der Waals surface area contributed by atoms with Gasteiger partial charge in [0.1, 0.15) is 12.4 Å². The van der Waals surface area contributed by atoms with Gasteiger partial charge in [0.15, 0.2) is 0 Å². The Morgan fingerprint density at radius 3 is 2.50 bits per heavy atom. The third-order valence-corrected chi connectivity index (χ3v) is 3.21. The molecule has 0 bridgehead atoms. The fraction of sp³-hybridized carbons (Fsp3) is 0.333. The molecule has 106 valence electrons. The van der Waals surface area contributed by atoms with Crippen LogP contribution >= 0.6 is 0 Å². The molecule has 0 saturated carbocycles. The predicted octanol–water partition coefficient (Wildman–Crippen LogP) is 4.61. The maximum atomic E-state index is 5.84. The van der Waals surface area contributed by atoms with E-state index in [1.54, 1.807) is 0 Å². The number of ether oxygens (including phenoxy) is 1. The lowest BCUT2D eigenvalue weighted by Gasteiger charge is -2.12. The van der Waals surface area contributed by atoms with Gasteiger partial charge in [-0.3, -0.25) is 0 Å². The van der Waals surface area contributed by atoms with Gasteiger partial charge < -0.3 is 10.1 Å². The minimum absolute atomic E-state index is 0.527. The van der Waals surface area contributed by atoms with Crippen LogP contribution in [0.25, 0.3) is 0 Å². The molecular weight excluding hydrogens is 246 g/mol. The van der Waals surface area contributed by atoms with Gasteiger partial charge in [-0.05, 0) is 48.2 Å². The maximum absolute atomic E-state index is 5.84. The van der Waals surface area contributed by atoms with Crippen molar-refractivity contribution in [2.24, 2.45) is 0 Å². The van der Waals surface area contributed by atoms with Crippen molar-refractivity contribution in [1.82, 2.24) is 0 Å². The molecule has 0 atom stereocenters. The van der Waals surface area contributed by atoms with Gasteiger partial charge in [-0.15, -0.1) is 0 Å². The third-order valence-electron chi connectivity index (χ3n) is 3.21. The third kappa shape index (κ3) is 4.30. The zero-order chi connectivity index (χ0) is 14.4. The van der Waals surface area contributed by atoms with Crippen LogP contribution in [0.3, 0.4) is 0 Å². The highest BCUT2D eigenvalue weighted by atomic mass is 16.5. The van der Waals surface area contributed by atoms with E-state index in [4.69, 9.17) is 4.74 Å². The van der Waals surface area contributed by atoms with E-state index >= 15 is 0 Å². The van der Waals surface area contributed by atoms with Crippen LogP contribution in [0.5, 0.6) is 5.75 Å². The minimum atomic E-state index is 0.527. The monoisotopic (exact) mass is 269 g/mol.